The number of nitrogens with one attached hydrogen (secondary N) is 1. The predicted molar refractivity (Wildman–Crippen MR) is 235 cm³/mol. The fraction of sp³-hybridized carbons (Fsp3) is 0.340. The second-order valence-electron chi connectivity index (χ2n) is 15.0. The molecule has 2 fully saturated rings. The standard InChI is InChI=1S/C29H31NO7.C21H25NO5/c31-28-25(30-29(32)37-18-24-14-8-3-9-15-24)19-33-20-26(34-16-22-10-4-1-5-11-22)27(21-36-28)35-17-23-12-6-2-7-13-23;22-18-13-24-14-19(25-11-16-7-3-1-4-8-16)20(15-27-21(18)23)26-12-17-9-5-2-6-10-17/h1-15,25-27H,16-21H2,(H,30,32);1-10,18-20H,11-15,22H2/t25-,26-,27-;18-,19-,20-/m00/s1. The number of benzene rings is 5. The van der Waals surface area contributed by atoms with Crippen LogP contribution in [-0.2, 0) is 85.3 Å². The second-order valence-corrected chi connectivity index (χ2v) is 15.0. The number of nitrogens with two attached hydrogens (primary N) is 1. The van der Waals surface area contributed by atoms with Gasteiger partial charge in [0, 0.05) is 0 Å². The van der Waals surface area contributed by atoms with Crippen molar-refractivity contribution >= 4 is 18.0 Å². The van der Waals surface area contributed by atoms with Crippen LogP contribution >= 0.6 is 0 Å². The van der Waals surface area contributed by atoms with E-state index in [4.69, 9.17) is 48.4 Å². The molecule has 7 rings (SSSR count). The Morgan fingerprint density at radius 1 is 0.453 bits per heavy atom. The summed E-state index contributed by atoms with van der Waals surface area (Å²) in [5.74, 6) is -1.12. The lowest BCUT2D eigenvalue weighted by molar-refractivity contribution is -0.156. The van der Waals surface area contributed by atoms with Crippen LogP contribution in [-0.4, -0.2) is 94.2 Å². The summed E-state index contributed by atoms with van der Waals surface area (Å²) in [6.45, 7) is 2.01. The largest absolute Gasteiger partial charge is 0.462 e. The smallest absolute Gasteiger partial charge is 0.408 e. The van der Waals surface area contributed by atoms with Gasteiger partial charge in [0.1, 0.15) is 50.3 Å². The fourth-order valence-corrected chi connectivity index (χ4v) is 6.45. The summed E-state index contributed by atoms with van der Waals surface area (Å²) in [7, 11) is 0. The van der Waals surface area contributed by atoms with Crippen molar-refractivity contribution in [3.8, 4) is 0 Å². The molecular weight excluding hydrogens is 821 g/mol. The summed E-state index contributed by atoms with van der Waals surface area (Å²) in [5.41, 5.74) is 10.7. The first-order valence-corrected chi connectivity index (χ1v) is 21.2. The van der Waals surface area contributed by atoms with Crippen molar-refractivity contribution in [2.75, 3.05) is 39.6 Å². The van der Waals surface area contributed by atoms with E-state index in [2.05, 4.69) is 5.32 Å². The lowest BCUT2D eigenvalue weighted by atomic mass is 10.2. The van der Waals surface area contributed by atoms with Crippen LogP contribution in [0.2, 0.25) is 0 Å². The van der Waals surface area contributed by atoms with Crippen LogP contribution in [0.1, 0.15) is 27.8 Å². The van der Waals surface area contributed by atoms with Crippen LogP contribution < -0.4 is 11.1 Å². The van der Waals surface area contributed by atoms with E-state index < -0.39 is 48.4 Å². The van der Waals surface area contributed by atoms with E-state index in [0.29, 0.717) is 26.4 Å². The van der Waals surface area contributed by atoms with E-state index in [1.54, 1.807) is 0 Å². The molecule has 0 saturated carbocycles. The number of alkyl carbamates (subject to hydrolysis) is 1. The minimum absolute atomic E-state index is 0.0499. The average molecular weight is 877 g/mol. The first-order chi connectivity index (χ1) is 31.4. The first kappa shape index (κ1) is 47.5. The predicted octanol–water partition coefficient (Wildman–Crippen LogP) is 6.08. The molecule has 338 valence electrons. The van der Waals surface area contributed by atoms with E-state index in [1.807, 2.05) is 152 Å². The molecule has 0 bridgehead atoms. The Morgan fingerprint density at radius 3 is 1.17 bits per heavy atom. The van der Waals surface area contributed by atoms with Crippen molar-refractivity contribution in [1.29, 1.82) is 0 Å². The van der Waals surface area contributed by atoms with Gasteiger partial charge in [-0.1, -0.05) is 152 Å². The first-order valence-electron chi connectivity index (χ1n) is 21.2. The van der Waals surface area contributed by atoms with E-state index in [-0.39, 0.29) is 52.4 Å². The zero-order chi connectivity index (χ0) is 44.6. The lowest BCUT2D eigenvalue weighted by Gasteiger charge is -2.26. The van der Waals surface area contributed by atoms with Gasteiger partial charge in [-0.2, -0.15) is 0 Å². The molecule has 0 aromatic heterocycles. The molecule has 5 aromatic carbocycles. The molecular formula is C50H56N2O12. The topological polar surface area (TPSA) is 172 Å². The van der Waals surface area contributed by atoms with Crippen LogP contribution in [0, 0.1) is 0 Å². The highest BCUT2D eigenvalue weighted by Crippen LogP contribution is 2.17. The Bertz CT molecular complexity index is 2080. The van der Waals surface area contributed by atoms with Crippen molar-refractivity contribution in [3.63, 3.8) is 0 Å². The number of hydrogen-bond acceptors (Lipinski definition) is 13. The average Bonchev–Trinajstić information content (AvgIpc) is 3.45. The van der Waals surface area contributed by atoms with Gasteiger partial charge in [0.15, 0.2) is 6.04 Å². The third-order valence-corrected chi connectivity index (χ3v) is 10.1. The molecule has 64 heavy (non-hydrogen) atoms. The minimum Gasteiger partial charge on any atom is -0.462 e. The molecule has 14 heteroatoms. The zero-order valence-electron chi connectivity index (χ0n) is 35.7. The number of carbonyl (C=O) groups is 3. The Balaban J connectivity index is 0.000000223. The van der Waals surface area contributed by atoms with Gasteiger partial charge in [-0.25, -0.2) is 9.59 Å². The Labute approximate surface area is 373 Å². The lowest BCUT2D eigenvalue weighted by Crippen LogP contribution is -2.45. The molecule has 3 N–H and O–H groups in total. The molecule has 2 heterocycles. The highest BCUT2D eigenvalue weighted by molar-refractivity contribution is 5.81. The number of carbonyl (C=O) groups excluding carboxylic acids is 3. The maximum absolute atomic E-state index is 12.8. The molecule has 2 saturated heterocycles. The van der Waals surface area contributed by atoms with Crippen molar-refractivity contribution in [2.24, 2.45) is 5.73 Å². The molecule has 0 radical (unpaired) electrons. The van der Waals surface area contributed by atoms with Crippen molar-refractivity contribution in [2.45, 2.75) is 69.5 Å². The van der Waals surface area contributed by atoms with Crippen LogP contribution in [0.3, 0.4) is 0 Å². The van der Waals surface area contributed by atoms with Crippen LogP contribution in [0.5, 0.6) is 0 Å². The van der Waals surface area contributed by atoms with E-state index >= 15 is 0 Å². The van der Waals surface area contributed by atoms with Crippen LogP contribution in [0.15, 0.2) is 152 Å². The molecule has 2 aliphatic heterocycles. The highest BCUT2D eigenvalue weighted by atomic mass is 16.6. The molecule has 6 atom stereocenters. The van der Waals surface area contributed by atoms with Gasteiger partial charge in [-0.05, 0) is 27.8 Å². The molecule has 0 unspecified atom stereocenters. The SMILES string of the molecule is N[C@H]1COC[C@H](OCc2ccccc2)[C@@H](OCc2ccccc2)COC1=O.O=C(N[C@H]1COC[C@H](OCc2ccccc2)[C@@H](OCc2ccccc2)COC1=O)OCc1ccccc1. The van der Waals surface area contributed by atoms with Crippen molar-refractivity contribution in [1.82, 2.24) is 5.32 Å². The van der Waals surface area contributed by atoms with Crippen molar-refractivity contribution < 1.29 is 57.0 Å². The quantitative estimate of drug-likeness (QED) is 0.0917. The summed E-state index contributed by atoms with van der Waals surface area (Å²) in [6.07, 6.45) is -2.64. The van der Waals surface area contributed by atoms with Crippen LogP contribution in [0.4, 0.5) is 4.79 Å². The summed E-state index contributed by atoms with van der Waals surface area (Å²) in [6, 6.07) is 46.6. The number of rotatable bonds is 15. The molecule has 0 spiro atoms. The molecule has 2 aliphatic rings. The summed E-state index contributed by atoms with van der Waals surface area (Å²) < 4.78 is 51.8. The van der Waals surface area contributed by atoms with Gasteiger partial charge in [0.05, 0.1) is 52.9 Å². The summed E-state index contributed by atoms with van der Waals surface area (Å²) in [4.78, 5) is 37.0. The van der Waals surface area contributed by atoms with Gasteiger partial charge in [-0.15, -0.1) is 0 Å². The molecule has 5 aromatic rings. The van der Waals surface area contributed by atoms with Gasteiger partial charge < -0.3 is 53.7 Å². The van der Waals surface area contributed by atoms with Gasteiger partial charge >= 0.3 is 18.0 Å². The third-order valence-electron chi connectivity index (χ3n) is 10.1. The Hall–Kier alpha value is -5.97. The second kappa shape index (κ2) is 26.6. The van der Waals surface area contributed by atoms with E-state index in [9.17, 15) is 14.4 Å². The summed E-state index contributed by atoms with van der Waals surface area (Å²) >= 11 is 0. The molecule has 0 aliphatic carbocycles. The Morgan fingerprint density at radius 2 is 0.781 bits per heavy atom. The third kappa shape index (κ3) is 16.6. The monoisotopic (exact) mass is 876 g/mol. The number of hydrogen-bond donors (Lipinski definition) is 2. The molecule has 14 nitrogen and oxygen atoms in total. The van der Waals surface area contributed by atoms with E-state index in [0.717, 1.165) is 27.8 Å². The summed E-state index contributed by atoms with van der Waals surface area (Å²) in [5, 5.41) is 2.54. The van der Waals surface area contributed by atoms with Gasteiger partial charge in [0.25, 0.3) is 0 Å². The number of cyclic esters (lactones) is 2. The number of ether oxygens (including phenoxy) is 9. The van der Waals surface area contributed by atoms with E-state index in [1.165, 1.54) is 0 Å². The highest BCUT2D eigenvalue weighted by Gasteiger charge is 2.32. The Kier molecular flexibility index (Phi) is 19.8. The zero-order valence-corrected chi connectivity index (χ0v) is 35.7. The maximum Gasteiger partial charge on any atom is 0.408 e. The number of amides is 1. The van der Waals surface area contributed by atoms with Gasteiger partial charge in [-0.3, -0.25) is 4.79 Å². The fourth-order valence-electron chi connectivity index (χ4n) is 6.45. The van der Waals surface area contributed by atoms with Gasteiger partial charge in [0.2, 0.25) is 0 Å². The number of esters is 2. The molecule has 1 amide bonds. The maximum atomic E-state index is 12.8. The van der Waals surface area contributed by atoms with Crippen molar-refractivity contribution in [3.05, 3.63) is 179 Å². The minimum atomic E-state index is -1.02. The normalized spacial score (nSPS) is 21.6. The van der Waals surface area contributed by atoms with Crippen LogP contribution in [0.25, 0.3) is 0 Å².